The number of benzene rings is 1. The molecular formula is C21H31ClN2O3. The second-order valence-corrected chi connectivity index (χ2v) is 8.06. The minimum absolute atomic E-state index is 0. The van der Waals surface area contributed by atoms with E-state index in [4.69, 9.17) is 15.2 Å². The van der Waals surface area contributed by atoms with Crippen LogP contribution in [0, 0.1) is 11.8 Å². The van der Waals surface area contributed by atoms with Crippen LogP contribution in [0.15, 0.2) is 24.3 Å². The fourth-order valence-electron chi connectivity index (χ4n) is 5.65. The van der Waals surface area contributed by atoms with Gasteiger partial charge in [0.2, 0.25) is 5.91 Å². The van der Waals surface area contributed by atoms with Crippen LogP contribution in [0.4, 0.5) is 0 Å². The van der Waals surface area contributed by atoms with E-state index in [1.54, 1.807) is 6.07 Å². The molecule has 3 atom stereocenters. The van der Waals surface area contributed by atoms with Crippen molar-refractivity contribution >= 4 is 18.3 Å². The van der Waals surface area contributed by atoms with Crippen molar-refractivity contribution in [2.24, 2.45) is 17.6 Å². The molecule has 1 saturated carbocycles. The van der Waals surface area contributed by atoms with Crippen LogP contribution >= 0.6 is 12.4 Å². The highest BCUT2D eigenvalue weighted by molar-refractivity contribution is 5.92. The average molecular weight is 395 g/mol. The molecule has 1 aromatic carbocycles. The van der Waals surface area contributed by atoms with Crippen molar-refractivity contribution in [3.8, 4) is 0 Å². The molecule has 1 unspecified atom stereocenters. The number of piperidine rings is 1. The minimum atomic E-state index is -0.372. The molecule has 2 bridgehead atoms. The number of rotatable bonds is 4. The minimum Gasteiger partial charge on any atom is -0.381 e. The molecule has 5 nitrogen and oxygen atoms in total. The maximum atomic E-state index is 11.7. The Morgan fingerprint density at radius 1 is 1.19 bits per heavy atom. The van der Waals surface area contributed by atoms with E-state index in [1.165, 1.54) is 19.3 Å². The Kier molecular flexibility index (Phi) is 6.46. The summed E-state index contributed by atoms with van der Waals surface area (Å²) in [6, 6.07) is 8.45. The molecular weight excluding hydrogens is 364 g/mol. The molecule has 0 spiro atoms. The third kappa shape index (κ3) is 3.63. The van der Waals surface area contributed by atoms with Gasteiger partial charge in [0.25, 0.3) is 0 Å². The molecule has 2 saturated heterocycles. The second-order valence-electron chi connectivity index (χ2n) is 8.06. The van der Waals surface area contributed by atoms with E-state index in [0.717, 1.165) is 44.7 Å². The van der Waals surface area contributed by atoms with E-state index < -0.39 is 0 Å². The summed E-state index contributed by atoms with van der Waals surface area (Å²) >= 11 is 0. The summed E-state index contributed by atoms with van der Waals surface area (Å²) in [7, 11) is 1.84. The van der Waals surface area contributed by atoms with Crippen molar-refractivity contribution in [1.82, 2.24) is 4.90 Å². The summed E-state index contributed by atoms with van der Waals surface area (Å²) < 4.78 is 11.9. The Morgan fingerprint density at radius 2 is 1.85 bits per heavy atom. The van der Waals surface area contributed by atoms with E-state index in [2.05, 4.69) is 11.0 Å². The SMILES string of the molecule is COC1(c2cccc(C(N)=O)c2)[C@@H]2CCC[C@H]1CN(C1CCOCC1)C2.Cl. The Labute approximate surface area is 168 Å². The first kappa shape index (κ1) is 20.6. The van der Waals surface area contributed by atoms with E-state index in [1.807, 2.05) is 19.2 Å². The van der Waals surface area contributed by atoms with Gasteiger partial charge in [-0.05, 0) is 43.4 Å². The summed E-state index contributed by atoms with van der Waals surface area (Å²) in [5.74, 6) is 0.528. The van der Waals surface area contributed by atoms with E-state index in [-0.39, 0.29) is 23.9 Å². The second kappa shape index (κ2) is 8.48. The molecule has 2 N–H and O–H groups in total. The number of nitrogens with zero attached hydrogens (tertiary/aromatic N) is 1. The van der Waals surface area contributed by atoms with Gasteiger partial charge in [0.05, 0.1) is 0 Å². The maximum Gasteiger partial charge on any atom is 0.248 e. The fourth-order valence-corrected chi connectivity index (χ4v) is 5.65. The van der Waals surface area contributed by atoms with Gasteiger partial charge in [-0.3, -0.25) is 9.69 Å². The fraction of sp³-hybridized carbons (Fsp3) is 0.667. The monoisotopic (exact) mass is 394 g/mol. The highest BCUT2D eigenvalue weighted by atomic mass is 35.5. The number of nitrogens with two attached hydrogens (primary N) is 1. The molecule has 3 aliphatic rings. The van der Waals surface area contributed by atoms with E-state index in [9.17, 15) is 4.79 Å². The Morgan fingerprint density at radius 3 is 2.44 bits per heavy atom. The van der Waals surface area contributed by atoms with Crippen LogP contribution in [0.2, 0.25) is 0 Å². The van der Waals surface area contributed by atoms with Crippen molar-refractivity contribution in [2.75, 3.05) is 33.4 Å². The number of amides is 1. The summed E-state index contributed by atoms with van der Waals surface area (Å²) in [4.78, 5) is 14.4. The Hall–Kier alpha value is -1.14. The van der Waals surface area contributed by atoms with Crippen LogP contribution in [0.1, 0.15) is 48.0 Å². The first-order valence-electron chi connectivity index (χ1n) is 9.92. The van der Waals surface area contributed by atoms with Crippen molar-refractivity contribution in [3.05, 3.63) is 35.4 Å². The lowest BCUT2D eigenvalue weighted by Gasteiger charge is -2.57. The smallest absolute Gasteiger partial charge is 0.248 e. The van der Waals surface area contributed by atoms with Crippen LogP contribution < -0.4 is 5.73 Å². The number of carbonyl (C=O) groups excluding carboxylic acids is 1. The lowest BCUT2D eigenvalue weighted by molar-refractivity contribution is -0.177. The molecule has 4 rings (SSSR count). The van der Waals surface area contributed by atoms with Crippen LogP contribution in [0.5, 0.6) is 0 Å². The predicted molar refractivity (Wildman–Crippen MR) is 107 cm³/mol. The van der Waals surface area contributed by atoms with Gasteiger partial charge in [-0.15, -0.1) is 12.4 Å². The van der Waals surface area contributed by atoms with Gasteiger partial charge in [0.15, 0.2) is 0 Å². The predicted octanol–water partition coefficient (Wildman–Crippen LogP) is 2.96. The summed E-state index contributed by atoms with van der Waals surface area (Å²) in [5, 5.41) is 0. The quantitative estimate of drug-likeness (QED) is 0.852. The first-order chi connectivity index (χ1) is 12.6. The summed E-state index contributed by atoms with van der Waals surface area (Å²) in [6.07, 6.45) is 5.88. The normalized spacial score (nSPS) is 31.9. The van der Waals surface area contributed by atoms with Crippen LogP contribution in [0.3, 0.4) is 0 Å². The number of methoxy groups -OCH3 is 1. The zero-order valence-corrected chi connectivity index (χ0v) is 16.9. The zero-order chi connectivity index (χ0) is 18.1. The number of carbonyl (C=O) groups is 1. The van der Waals surface area contributed by atoms with E-state index in [0.29, 0.717) is 23.4 Å². The average Bonchev–Trinajstić information content (AvgIpc) is 2.67. The molecule has 2 heterocycles. The number of likely N-dealkylation sites (tertiary alicyclic amines) is 1. The summed E-state index contributed by atoms with van der Waals surface area (Å²) in [5.41, 5.74) is 6.93. The van der Waals surface area contributed by atoms with Crippen molar-refractivity contribution in [3.63, 3.8) is 0 Å². The molecule has 3 fully saturated rings. The highest BCUT2D eigenvalue weighted by Gasteiger charge is 2.53. The summed E-state index contributed by atoms with van der Waals surface area (Å²) in [6.45, 7) is 3.89. The Balaban J connectivity index is 0.00000210. The van der Waals surface area contributed by atoms with Gasteiger partial charge < -0.3 is 15.2 Å². The van der Waals surface area contributed by atoms with Crippen molar-refractivity contribution in [1.29, 1.82) is 0 Å². The number of primary amides is 1. The van der Waals surface area contributed by atoms with Crippen LogP contribution in [-0.4, -0.2) is 50.3 Å². The largest absolute Gasteiger partial charge is 0.381 e. The number of hydrogen-bond acceptors (Lipinski definition) is 4. The third-order valence-electron chi connectivity index (χ3n) is 6.87. The van der Waals surface area contributed by atoms with Gasteiger partial charge in [-0.25, -0.2) is 0 Å². The Bertz CT molecular complexity index is 649. The highest BCUT2D eigenvalue weighted by Crippen LogP contribution is 2.52. The molecule has 0 aromatic heterocycles. The van der Waals surface area contributed by atoms with Gasteiger partial charge in [0.1, 0.15) is 5.60 Å². The van der Waals surface area contributed by atoms with Gasteiger partial charge in [-0.1, -0.05) is 18.6 Å². The van der Waals surface area contributed by atoms with Crippen molar-refractivity contribution < 1.29 is 14.3 Å². The molecule has 6 heteroatoms. The van der Waals surface area contributed by atoms with Crippen molar-refractivity contribution in [2.45, 2.75) is 43.7 Å². The van der Waals surface area contributed by atoms with E-state index >= 15 is 0 Å². The molecule has 0 radical (unpaired) electrons. The van der Waals surface area contributed by atoms with Gasteiger partial charge in [0, 0.05) is 56.9 Å². The molecule has 1 aromatic rings. The molecule has 1 aliphatic carbocycles. The maximum absolute atomic E-state index is 11.7. The topological polar surface area (TPSA) is 64.8 Å². The van der Waals surface area contributed by atoms with Gasteiger partial charge >= 0.3 is 0 Å². The number of fused-ring (bicyclic) bond motifs is 2. The standard InChI is InChI=1S/C21H30N2O3.ClH/c1-25-21(16-5-2-4-15(12-16)20(22)24)17-6-3-7-18(21)14-23(13-17)19-8-10-26-11-9-19;/h2,4-5,12,17-19H,3,6-11,13-14H2,1H3,(H2,22,24);1H/t17-,18+,21?;. The lowest BCUT2D eigenvalue weighted by atomic mass is 9.62. The first-order valence-corrected chi connectivity index (χ1v) is 9.92. The van der Waals surface area contributed by atoms with Crippen LogP contribution in [-0.2, 0) is 15.1 Å². The third-order valence-corrected chi connectivity index (χ3v) is 6.87. The molecule has 2 aliphatic heterocycles. The number of hydrogen-bond donors (Lipinski definition) is 1. The molecule has 27 heavy (non-hydrogen) atoms. The molecule has 1 amide bonds. The van der Waals surface area contributed by atoms with Crippen LogP contribution in [0.25, 0.3) is 0 Å². The lowest BCUT2D eigenvalue weighted by Crippen LogP contribution is -2.61. The zero-order valence-electron chi connectivity index (χ0n) is 16.1. The number of halogens is 1. The number of ether oxygens (including phenoxy) is 2. The molecule has 150 valence electrons. The van der Waals surface area contributed by atoms with Gasteiger partial charge in [-0.2, -0.15) is 0 Å².